The van der Waals surface area contributed by atoms with E-state index in [-0.39, 0.29) is 49.6 Å². The van der Waals surface area contributed by atoms with Crippen molar-refractivity contribution in [1.82, 2.24) is 20.4 Å². The zero-order valence-electron chi connectivity index (χ0n) is 16.3. The molecule has 4 aliphatic heterocycles. The van der Waals surface area contributed by atoms with Crippen LogP contribution < -0.4 is 10.6 Å². The third-order valence-electron chi connectivity index (χ3n) is 6.19. The highest BCUT2D eigenvalue weighted by atomic mass is 35.5. The third kappa shape index (κ3) is 8.57. The molecule has 0 aliphatic carbocycles. The minimum atomic E-state index is 0. The highest BCUT2D eigenvalue weighted by molar-refractivity contribution is 5.86. The third-order valence-corrected chi connectivity index (χ3v) is 6.19. The van der Waals surface area contributed by atoms with E-state index in [2.05, 4.69) is 34.5 Å². The molecule has 0 radical (unpaired) electrons. The first-order valence-corrected chi connectivity index (χ1v) is 9.56. The number of hydrogen-bond donors (Lipinski definition) is 2. The molecule has 0 amide bonds. The molecular formula is C18H40Cl4N4. The lowest BCUT2D eigenvalue weighted by Gasteiger charge is -2.40. The quantitative estimate of drug-likeness (QED) is 0.589. The first-order valence-electron chi connectivity index (χ1n) is 9.56. The summed E-state index contributed by atoms with van der Waals surface area (Å²) in [4.78, 5) is 4.93. The second kappa shape index (κ2) is 14.9. The summed E-state index contributed by atoms with van der Waals surface area (Å²) < 4.78 is 0. The Balaban J connectivity index is 0. The molecule has 26 heavy (non-hydrogen) atoms. The smallest absolute Gasteiger partial charge is 0.0120 e. The Hall–Kier alpha value is 1.00. The summed E-state index contributed by atoms with van der Waals surface area (Å²) in [5.74, 6) is 1.89. The van der Waals surface area contributed by atoms with Crippen LogP contribution in [0.2, 0.25) is 0 Å². The summed E-state index contributed by atoms with van der Waals surface area (Å²) in [5, 5.41) is 7.23. The van der Waals surface area contributed by atoms with Gasteiger partial charge in [-0.05, 0) is 90.6 Å². The summed E-state index contributed by atoms with van der Waals surface area (Å²) in [5.41, 5.74) is 0. The average Bonchev–Trinajstić information content (AvgIpc) is 2.55. The van der Waals surface area contributed by atoms with E-state index in [1.807, 2.05) is 0 Å². The molecule has 0 unspecified atom stereocenters. The van der Waals surface area contributed by atoms with Crippen molar-refractivity contribution >= 4 is 49.6 Å². The predicted molar refractivity (Wildman–Crippen MR) is 122 cm³/mol. The standard InChI is InChI=1S/2C9H18N2.4ClH/c2*1-11-6-4-9-8(7-11)3-2-5-10-9;;;;/h2*8-10H,2-7H2,1H3;4*1H/t2*8-,9+;;;;/m10..../s1. The zero-order valence-corrected chi connectivity index (χ0v) is 19.6. The molecule has 4 saturated heterocycles. The van der Waals surface area contributed by atoms with E-state index in [4.69, 9.17) is 0 Å². The first kappa shape index (κ1) is 29.2. The van der Waals surface area contributed by atoms with Crippen LogP contribution in [-0.2, 0) is 0 Å². The van der Waals surface area contributed by atoms with Gasteiger partial charge in [-0.25, -0.2) is 0 Å². The van der Waals surface area contributed by atoms with Crippen LogP contribution in [0.5, 0.6) is 0 Å². The van der Waals surface area contributed by atoms with Crippen LogP contribution in [0.15, 0.2) is 0 Å². The Kier molecular flexibility index (Phi) is 16.8. The van der Waals surface area contributed by atoms with Crippen molar-refractivity contribution in [3.05, 3.63) is 0 Å². The van der Waals surface area contributed by atoms with Gasteiger partial charge in [0.1, 0.15) is 0 Å². The lowest BCUT2D eigenvalue weighted by atomic mass is 9.86. The fourth-order valence-electron chi connectivity index (χ4n) is 4.85. The van der Waals surface area contributed by atoms with Gasteiger partial charge in [-0.3, -0.25) is 0 Å². The fraction of sp³-hybridized carbons (Fsp3) is 1.00. The highest BCUT2D eigenvalue weighted by Crippen LogP contribution is 2.24. The summed E-state index contributed by atoms with van der Waals surface area (Å²) in [7, 11) is 4.48. The Morgan fingerprint density at radius 1 is 0.615 bits per heavy atom. The van der Waals surface area contributed by atoms with Crippen molar-refractivity contribution in [2.45, 2.75) is 50.6 Å². The van der Waals surface area contributed by atoms with Crippen LogP contribution in [-0.4, -0.2) is 75.2 Å². The molecule has 0 aromatic heterocycles. The highest BCUT2D eigenvalue weighted by Gasteiger charge is 2.29. The maximum absolute atomic E-state index is 3.61. The van der Waals surface area contributed by atoms with Crippen molar-refractivity contribution in [3.8, 4) is 0 Å². The molecular weight excluding hydrogens is 414 g/mol. The Bertz CT molecular complexity index is 319. The van der Waals surface area contributed by atoms with Gasteiger partial charge in [0, 0.05) is 25.2 Å². The molecule has 0 aromatic carbocycles. The molecule has 0 bridgehead atoms. The molecule has 4 fully saturated rings. The number of likely N-dealkylation sites (tertiary alicyclic amines) is 2. The normalized spacial score (nSPS) is 33.9. The van der Waals surface area contributed by atoms with Crippen LogP contribution in [0.3, 0.4) is 0 Å². The zero-order chi connectivity index (χ0) is 15.4. The van der Waals surface area contributed by atoms with Gasteiger partial charge in [0.05, 0.1) is 0 Å². The number of nitrogens with zero attached hydrogens (tertiary/aromatic N) is 2. The van der Waals surface area contributed by atoms with Gasteiger partial charge in [-0.1, -0.05) is 0 Å². The molecule has 4 heterocycles. The molecule has 0 spiro atoms. The first-order chi connectivity index (χ1) is 10.7. The molecule has 4 atom stereocenters. The molecule has 4 aliphatic rings. The summed E-state index contributed by atoms with van der Waals surface area (Å²) in [6.45, 7) is 7.72. The van der Waals surface area contributed by atoms with Crippen LogP contribution in [0.1, 0.15) is 38.5 Å². The number of hydrogen-bond acceptors (Lipinski definition) is 4. The molecule has 2 N–H and O–H groups in total. The second-order valence-electron chi connectivity index (χ2n) is 8.03. The van der Waals surface area contributed by atoms with Gasteiger partial charge in [-0.15, -0.1) is 49.6 Å². The topological polar surface area (TPSA) is 30.5 Å². The summed E-state index contributed by atoms with van der Waals surface area (Å²) in [6.07, 6.45) is 8.39. The minimum Gasteiger partial charge on any atom is -0.314 e. The summed E-state index contributed by atoms with van der Waals surface area (Å²) in [6, 6.07) is 1.69. The van der Waals surface area contributed by atoms with E-state index >= 15 is 0 Å². The SMILES string of the molecule is CN1CC[C@@H]2NCCC[C@@H]2C1.CN1CC[C@H]2NCCC[C@H]2C1.Cl.Cl.Cl.Cl. The van der Waals surface area contributed by atoms with Crippen molar-refractivity contribution in [2.75, 3.05) is 53.4 Å². The number of nitrogens with one attached hydrogen (secondary N) is 2. The number of piperidine rings is 4. The van der Waals surface area contributed by atoms with E-state index in [1.54, 1.807) is 0 Å². The van der Waals surface area contributed by atoms with Crippen LogP contribution in [0.25, 0.3) is 0 Å². The molecule has 160 valence electrons. The van der Waals surface area contributed by atoms with Crippen molar-refractivity contribution in [3.63, 3.8) is 0 Å². The second-order valence-corrected chi connectivity index (χ2v) is 8.03. The van der Waals surface area contributed by atoms with E-state index in [0.29, 0.717) is 0 Å². The Labute approximate surface area is 185 Å². The number of halogens is 4. The minimum absolute atomic E-state index is 0. The van der Waals surface area contributed by atoms with E-state index in [9.17, 15) is 0 Å². The maximum atomic E-state index is 3.61. The largest absolute Gasteiger partial charge is 0.314 e. The van der Waals surface area contributed by atoms with Crippen LogP contribution in [0, 0.1) is 11.8 Å². The predicted octanol–water partition coefficient (Wildman–Crippen LogP) is 3.07. The fourth-order valence-corrected chi connectivity index (χ4v) is 4.85. The Morgan fingerprint density at radius 3 is 1.38 bits per heavy atom. The molecule has 4 nitrogen and oxygen atoms in total. The molecule has 4 rings (SSSR count). The monoisotopic (exact) mass is 452 g/mol. The van der Waals surface area contributed by atoms with Crippen molar-refractivity contribution in [2.24, 2.45) is 11.8 Å². The lowest BCUT2D eigenvalue weighted by molar-refractivity contribution is 0.135. The molecule has 0 aromatic rings. The molecule has 0 saturated carbocycles. The van der Waals surface area contributed by atoms with E-state index in [1.165, 1.54) is 77.8 Å². The van der Waals surface area contributed by atoms with Crippen LogP contribution in [0.4, 0.5) is 0 Å². The van der Waals surface area contributed by atoms with E-state index in [0.717, 1.165) is 23.9 Å². The van der Waals surface area contributed by atoms with Crippen LogP contribution >= 0.6 is 49.6 Å². The maximum Gasteiger partial charge on any atom is 0.0120 e. The van der Waals surface area contributed by atoms with Gasteiger partial charge < -0.3 is 20.4 Å². The van der Waals surface area contributed by atoms with Crippen molar-refractivity contribution in [1.29, 1.82) is 0 Å². The van der Waals surface area contributed by atoms with Gasteiger partial charge in [-0.2, -0.15) is 0 Å². The Morgan fingerprint density at radius 2 is 1.00 bits per heavy atom. The lowest BCUT2D eigenvalue weighted by Crippen LogP contribution is -2.50. The number of fused-ring (bicyclic) bond motifs is 2. The van der Waals surface area contributed by atoms with Gasteiger partial charge in [0.25, 0.3) is 0 Å². The summed E-state index contributed by atoms with van der Waals surface area (Å²) >= 11 is 0. The molecule has 8 heteroatoms. The van der Waals surface area contributed by atoms with Gasteiger partial charge in [0.2, 0.25) is 0 Å². The van der Waals surface area contributed by atoms with E-state index < -0.39 is 0 Å². The van der Waals surface area contributed by atoms with Crippen molar-refractivity contribution < 1.29 is 0 Å². The average molecular weight is 454 g/mol. The van der Waals surface area contributed by atoms with Gasteiger partial charge in [0.15, 0.2) is 0 Å². The van der Waals surface area contributed by atoms with Gasteiger partial charge >= 0.3 is 0 Å². The number of rotatable bonds is 0.